The van der Waals surface area contributed by atoms with Gasteiger partial charge in [-0.3, -0.25) is 9.59 Å². The van der Waals surface area contributed by atoms with Crippen LogP contribution in [0.15, 0.2) is 42.5 Å². The average molecular weight is 517 g/mol. The molecule has 3 aromatic rings. The number of para-hydroxylation sites is 1. The normalized spacial score (nSPS) is 22.9. The zero-order valence-electron chi connectivity index (χ0n) is 18.5. The molecule has 1 aromatic heterocycles. The third kappa shape index (κ3) is 3.91. The van der Waals surface area contributed by atoms with Crippen LogP contribution in [0.5, 0.6) is 11.5 Å². The second kappa shape index (κ2) is 8.12. The molecule has 0 unspecified atom stereocenters. The summed E-state index contributed by atoms with van der Waals surface area (Å²) in [6.07, 6.45) is -2.32. The smallest absolute Gasteiger partial charge is 0.395 e. The van der Waals surface area contributed by atoms with Gasteiger partial charge in [0.1, 0.15) is 11.5 Å². The topological polar surface area (TPSA) is 107 Å². The van der Waals surface area contributed by atoms with Gasteiger partial charge in [0.15, 0.2) is 16.6 Å². The molecule has 12 heteroatoms. The number of carbonyl (C=O) groups excluding carboxylic acids is 2. The quantitative estimate of drug-likeness (QED) is 0.533. The molecular weight excluding hydrogens is 497 g/mol. The molecule has 1 saturated heterocycles. The number of fused-ring (bicyclic) bond motifs is 2. The van der Waals surface area contributed by atoms with E-state index in [2.05, 4.69) is 19.8 Å². The molecular formula is C24H19F3N4O4S. The number of benzene rings is 2. The number of ether oxygens (including phenoxy) is 2. The summed E-state index contributed by atoms with van der Waals surface area (Å²) in [5, 5.41) is 2.92. The summed E-state index contributed by atoms with van der Waals surface area (Å²) in [6, 6.07) is 9.60. The Hall–Kier alpha value is -3.80. The van der Waals surface area contributed by atoms with Gasteiger partial charge < -0.3 is 25.4 Å². The number of nitrogen functional groups attached to an aromatic ring is 1. The van der Waals surface area contributed by atoms with Crippen LogP contribution in [0.2, 0.25) is 0 Å². The molecule has 1 saturated carbocycles. The Labute approximate surface area is 206 Å². The molecule has 2 aliphatic heterocycles. The molecule has 3 aliphatic rings. The number of likely N-dealkylation sites (tertiary alicyclic amines) is 1. The van der Waals surface area contributed by atoms with Crippen molar-refractivity contribution < 1.29 is 32.2 Å². The molecule has 2 amide bonds. The molecule has 6 rings (SSSR count). The van der Waals surface area contributed by atoms with E-state index in [0.29, 0.717) is 22.8 Å². The highest BCUT2D eigenvalue weighted by atomic mass is 32.1. The van der Waals surface area contributed by atoms with Gasteiger partial charge in [0.05, 0.1) is 16.5 Å². The number of halogens is 3. The summed E-state index contributed by atoms with van der Waals surface area (Å²) in [6.45, 7) is 0.105. The molecule has 8 nitrogen and oxygen atoms in total. The lowest BCUT2D eigenvalue weighted by atomic mass is 10.1. The maximum Gasteiger partial charge on any atom is 0.586 e. The summed E-state index contributed by atoms with van der Waals surface area (Å²) in [5.74, 6) is -1.66. The zero-order valence-corrected chi connectivity index (χ0v) is 19.4. The number of piperidine rings is 1. The molecule has 36 heavy (non-hydrogen) atoms. The SMILES string of the molecule is Nc1nc(C(=O)N2[C@H](CNC(=O)c3cccc4c3OC(F)(F)O4)C[C@@H]3C[C@@H]32)c(-c2cccc(F)c2)s1. The summed E-state index contributed by atoms with van der Waals surface area (Å²) in [4.78, 5) is 32.9. The second-order valence-electron chi connectivity index (χ2n) is 8.92. The Kier molecular flexibility index (Phi) is 5.11. The number of anilines is 1. The molecule has 3 atom stereocenters. The van der Waals surface area contributed by atoms with Gasteiger partial charge in [-0.2, -0.15) is 0 Å². The Morgan fingerprint density at radius 1 is 1.19 bits per heavy atom. The first-order valence-corrected chi connectivity index (χ1v) is 12.0. The number of hydrogen-bond donors (Lipinski definition) is 2. The van der Waals surface area contributed by atoms with Crippen molar-refractivity contribution in [2.45, 2.75) is 31.2 Å². The summed E-state index contributed by atoms with van der Waals surface area (Å²) in [5.41, 5.74) is 6.46. The van der Waals surface area contributed by atoms with Gasteiger partial charge >= 0.3 is 6.29 Å². The van der Waals surface area contributed by atoms with Crippen LogP contribution in [-0.4, -0.2) is 46.6 Å². The van der Waals surface area contributed by atoms with E-state index in [9.17, 15) is 22.8 Å². The second-order valence-corrected chi connectivity index (χ2v) is 9.95. The molecule has 0 bridgehead atoms. The van der Waals surface area contributed by atoms with Crippen LogP contribution < -0.4 is 20.5 Å². The minimum atomic E-state index is -3.84. The van der Waals surface area contributed by atoms with Crippen molar-refractivity contribution in [3.05, 3.63) is 59.5 Å². The number of thiazole rings is 1. The number of carbonyl (C=O) groups is 2. The average Bonchev–Trinajstić information content (AvgIpc) is 3.16. The minimum absolute atomic E-state index is 0.0130. The fourth-order valence-electron chi connectivity index (χ4n) is 4.94. The van der Waals surface area contributed by atoms with E-state index >= 15 is 0 Å². The zero-order chi connectivity index (χ0) is 25.2. The van der Waals surface area contributed by atoms with E-state index in [1.54, 1.807) is 17.0 Å². The molecule has 1 aliphatic carbocycles. The van der Waals surface area contributed by atoms with E-state index in [1.807, 2.05) is 0 Å². The van der Waals surface area contributed by atoms with Gasteiger partial charge in [-0.05, 0) is 48.6 Å². The van der Waals surface area contributed by atoms with Crippen molar-refractivity contribution in [3.63, 3.8) is 0 Å². The lowest BCUT2D eigenvalue weighted by Crippen LogP contribution is -2.45. The molecule has 0 radical (unpaired) electrons. The Morgan fingerprint density at radius 3 is 2.81 bits per heavy atom. The number of nitrogens with zero attached hydrogens (tertiary/aromatic N) is 2. The van der Waals surface area contributed by atoms with Crippen molar-refractivity contribution in [1.82, 2.24) is 15.2 Å². The molecule has 3 N–H and O–H groups in total. The van der Waals surface area contributed by atoms with Gasteiger partial charge in [-0.1, -0.05) is 29.5 Å². The number of hydrogen-bond acceptors (Lipinski definition) is 7. The summed E-state index contributed by atoms with van der Waals surface area (Å²) < 4.78 is 49.7. The maximum absolute atomic E-state index is 13.8. The number of nitrogens with one attached hydrogen (secondary N) is 1. The first-order chi connectivity index (χ1) is 17.2. The maximum atomic E-state index is 13.8. The van der Waals surface area contributed by atoms with Crippen LogP contribution in [-0.2, 0) is 0 Å². The summed E-state index contributed by atoms with van der Waals surface area (Å²) in [7, 11) is 0. The van der Waals surface area contributed by atoms with Gasteiger partial charge in [0.25, 0.3) is 11.8 Å². The Balaban J connectivity index is 1.21. The molecule has 2 aromatic carbocycles. The van der Waals surface area contributed by atoms with E-state index in [-0.39, 0.29) is 52.4 Å². The van der Waals surface area contributed by atoms with E-state index in [1.165, 1.54) is 30.3 Å². The van der Waals surface area contributed by atoms with Gasteiger partial charge in [-0.15, -0.1) is 8.78 Å². The van der Waals surface area contributed by atoms with Crippen molar-refractivity contribution in [3.8, 4) is 21.9 Å². The highest BCUT2D eigenvalue weighted by molar-refractivity contribution is 7.19. The Morgan fingerprint density at radius 2 is 2.00 bits per heavy atom. The Bertz CT molecular complexity index is 1400. The van der Waals surface area contributed by atoms with Crippen LogP contribution >= 0.6 is 11.3 Å². The largest absolute Gasteiger partial charge is 0.586 e. The van der Waals surface area contributed by atoms with E-state index in [4.69, 9.17) is 5.73 Å². The number of rotatable bonds is 5. The van der Waals surface area contributed by atoms with E-state index in [0.717, 1.165) is 17.8 Å². The van der Waals surface area contributed by atoms with Crippen LogP contribution in [0.1, 0.15) is 33.7 Å². The molecule has 2 fully saturated rings. The van der Waals surface area contributed by atoms with Crippen molar-refractivity contribution in [1.29, 1.82) is 0 Å². The molecule has 3 heterocycles. The number of alkyl halides is 2. The number of amides is 2. The highest BCUT2D eigenvalue weighted by Crippen LogP contribution is 2.49. The first-order valence-electron chi connectivity index (χ1n) is 11.2. The fraction of sp³-hybridized carbons (Fsp3) is 0.292. The van der Waals surface area contributed by atoms with Gasteiger partial charge in [0.2, 0.25) is 0 Å². The number of nitrogens with two attached hydrogens (primary N) is 1. The van der Waals surface area contributed by atoms with Crippen molar-refractivity contribution in [2.75, 3.05) is 12.3 Å². The van der Waals surface area contributed by atoms with Crippen LogP contribution in [0.4, 0.5) is 18.3 Å². The van der Waals surface area contributed by atoms with Crippen LogP contribution in [0.3, 0.4) is 0 Å². The fourth-order valence-corrected chi connectivity index (χ4v) is 5.76. The lowest BCUT2D eigenvalue weighted by Gasteiger charge is -2.27. The van der Waals surface area contributed by atoms with Gasteiger partial charge in [0, 0.05) is 12.6 Å². The standard InChI is InChI=1S/C24H19F3N4O4S/c25-13-4-1-3-11(7-13)20-18(30-23(28)36-20)22(33)31-14(8-12-9-16(12)31)10-29-21(32)15-5-2-6-17-19(15)35-24(26,27)34-17/h1-7,12,14,16H,8-10H2,(H2,28,30)(H,29,32)/t12-,14+,16+/m1/s1. The first kappa shape index (κ1) is 22.7. The lowest BCUT2D eigenvalue weighted by molar-refractivity contribution is -0.286. The summed E-state index contributed by atoms with van der Waals surface area (Å²) >= 11 is 1.10. The molecule has 0 spiro atoms. The monoisotopic (exact) mass is 516 g/mol. The number of aromatic nitrogens is 1. The molecule has 186 valence electrons. The van der Waals surface area contributed by atoms with E-state index < -0.39 is 18.0 Å². The minimum Gasteiger partial charge on any atom is -0.395 e. The van der Waals surface area contributed by atoms with Crippen LogP contribution in [0, 0.1) is 11.7 Å². The third-order valence-corrected chi connectivity index (χ3v) is 7.48. The predicted octanol–water partition coefficient (Wildman–Crippen LogP) is 3.89. The van der Waals surface area contributed by atoms with Crippen LogP contribution in [0.25, 0.3) is 10.4 Å². The van der Waals surface area contributed by atoms with Gasteiger partial charge in [-0.25, -0.2) is 9.37 Å². The predicted molar refractivity (Wildman–Crippen MR) is 123 cm³/mol. The third-order valence-electron chi connectivity index (χ3n) is 6.55. The van der Waals surface area contributed by atoms with Crippen molar-refractivity contribution >= 4 is 28.3 Å². The van der Waals surface area contributed by atoms with Crippen molar-refractivity contribution in [2.24, 2.45) is 5.92 Å². The highest BCUT2D eigenvalue weighted by Gasteiger charge is 2.54.